The molecule has 0 aliphatic rings. The number of carbonyl (C=O) groups excluding carboxylic acids is 1. The zero-order chi connectivity index (χ0) is 17.0. The summed E-state index contributed by atoms with van der Waals surface area (Å²) in [5.74, 6) is 0.110. The minimum absolute atomic E-state index is 0.0812. The number of likely N-dealkylation sites (N-methyl/N-ethyl adjacent to an activating group) is 1. The third-order valence-electron chi connectivity index (χ3n) is 3.04. The number of hydrogen-bond donors (Lipinski definition) is 0. The van der Waals surface area contributed by atoms with E-state index in [-0.39, 0.29) is 22.8 Å². The molecule has 0 spiro atoms. The summed E-state index contributed by atoms with van der Waals surface area (Å²) < 4.78 is 5.52. The van der Waals surface area contributed by atoms with Gasteiger partial charge in [0, 0.05) is 26.2 Å². The minimum Gasteiger partial charge on any atom is -0.456 e. The molecule has 0 saturated carbocycles. The monoisotopic (exact) mass is 311 g/mol. The molecule has 0 N–H and O–H groups in total. The predicted octanol–water partition coefficient (Wildman–Crippen LogP) is 2.85. The highest BCUT2D eigenvalue weighted by molar-refractivity contribution is 6.01. The molecule has 0 unspecified atom stereocenters. The third kappa shape index (κ3) is 3.44. The van der Waals surface area contributed by atoms with Crippen molar-refractivity contribution in [3.63, 3.8) is 0 Å². The largest absolute Gasteiger partial charge is 0.456 e. The summed E-state index contributed by atoms with van der Waals surface area (Å²) in [5.41, 5.74) is 0.162. The SMILES string of the molecule is CN(C)C(=O)/C(C#N)=C/c1ccc(-c2ccccc2[N+](=O)[O-])o1. The fourth-order valence-corrected chi connectivity index (χ4v) is 1.94. The Bertz CT molecular complexity index is 828. The zero-order valence-corrected chi connectivity index (χ0v) is 12.5. The molecule has 1 amide bonds. The van der Waals surface area contributed by atoms with Gasteiger partial charge in [0.05, 0.1) is 10.5 Å². The van der Waals surface area contributed by atoms with Crippen molar-refractivity contribution in [1.29, 1.82) is 5.26 Å². The average Bonchev–Trinajstić information content (AvgIpc) is 3.00. The molecule has 0 saturated heterocycles. The summed E-state index contributed by atoms with van der Waals surface area (Å²) in [4.78, 5) is 23.6. The predicted molar refractivity (Wildman–Crippen MR) is 83.1 cm³/mol. The van der Waals surface area contributed by atoms with Crippen LogP contribution in [0.5, 0.6) is 0 Å². The van der Waals surface area contributed by atoms with Gasteiger partial charge in [0.1, 0.15) is 23.2 Å². The highest BCUT2D eigenvalue weighted by Crippen LogP contribution is 2.31. The van der Waals surface area contributed by atoms with Crippen molar-refractivity contribution in [3.05, 3.63) is 57.8 Å². The minimum atomic E-state index is -0.496. The lowest BCUT2D eigenvalue weighted by atomic mass is 10.1. The molecule has 1 heterocycles. The van der Waals surface area contributed by atoms with Crippen LogP contribution < -0.4 is 0 Å². The van der Waals surface area contributed by atoms with E-state index in [9.17, 15) is 14.9 Å². The average molecular weight is 311 g/mol. The molecule has 0 aliphatic heterocycles. The van der Waals surface area contributed by atoms with E-state index in [1.165, 1.54) is 31.1 Å². The number of para-hydroxylation sites is 1. The van der Waals surface area contributed by atoms with Gasteiger partial charge in [-0.3, -0.25) is 14.9 Å². The van der Waals surface area contributed by atoms with Crippen molar-refractivity contribution >= 4 is 17.7 Å². The van der Waals surface area contributed by atoms with Gasteiger partial charge >= 0.3 is 0 Å². The van der Waals surface area contributed by atoms with Gasteiger partial charge in [-0.05, 0) is 18.2 Å². The van der Waals surface area contributed by atoms with Gasteiger partial charge in [-0.25, -0.2) is 0 Å². The van der Waals surface area contributed by atoms with Crippen molar-refractivity contribution in [1.82, 2.24) is 4.90 Å². The number of rotatable bonds is 4. The normalized spacial score (nSPS) is 10.9. The lowest BCUT2D eigenvalue weighted by Gasteiger charge is -2.07. The Balaban J connectivity index is 2.41. The van der Waals surface area contributed by atoms with Crippen LogP contribution in [0.1, 0.15) is 5.76 Å². The molecule has 116 valence electrons. The van der Waals surface area contributed by atoms with Gasteiger partial charge in [-0.2, -0.15) is 5.26 Å². The molecule has 2 rings (SSSR count). The second-order valence-corrected chi connectivity index (χ2v) is 4.85. The molecule has 7 nitrogen and oxygen atoms in total. The Morgan fingerprint density at radius 3 is 2.61 bits per heavy atom. The number of nitrogens with zero attached hydrogens (tertiary/aromatic N) is 3. The highest BCUT2D eigenvalue weighted by atomic mass is 16.6. The summed E-state index contributed by atoms with van der Waals surface area (Å²) in [6.45, 7) is 0. The Hall–Kier alpha value is -3.40. The lowest BCUT2D eigenvalue weighted by Crippen LogP contribution is -2.22. The van der Waals surface area contributed by atoms with Gasteiger partial charge in [-0.15, -0.1) is 0 Å². The van der Waals surface area contributed by atoms with E-state index in [2.05, 4.69) is 0 Å². The van der Waals surface area contributed by atoms with Crippen LogP contribution in [0.3, 0.4) is 0 Å². The van der Waals surface area contributed by atoms with Gasteiger partial charge in [-0.1, -0.05) is 12.1 Å². The van der Waals surface area contributed by atoms with Crippen molar-refractivity contribution < 1.29 is 14.1 Å². The van der Waals surface area contributed by atoms with Gasteiger partial charge in [0.2, 0.25) is 0 Å². The highest BCUT2D eigenvalue weighted by Gasteiger charge is 2.17. The van der Waals surface area contributed by atoms with E-state index in [0.29, 0.717) is 5.56 Å². The number of carbonyl (C=O) groups is 1. The summed E-state index contributed by atoms with van der Waals surface area (Å²) in [6, 6.07) is 11.1. The fourth-order valence-electron chi connectivity index (χ4n) is 1.94. The Morgan fingerprint density at radius 2 is 2.00 bits per heavy atom. The van der Waals surface area contributed by atoms with E-state index >= 15 is 0 Å². The maximum absolute atomic E-state index is 11.8. The second-order valence-electron chi connectivity index (χ2n) is 4.85. The number of benzene rings is 1. The van der Waals surface area contributed by atoms with Crippen LogP contribution in [0.25, 0.3) is 17.4 Å². The second kappa shape index (κ2) is 6.58. The summed E-state index contributed by atoms with van der Waals surface area (Å²) in [7, 11) is 3.07. The van der Waals surface area contributed by atoms with Gasteiger partial charge in [0.25, 0.3) is 11.6 Å². The standard InChI is InChI=1S/C16H13N3O4/c1-18(2)16(20)11(10-17)9-12-7-8-15(23-12)13-5-3-4-6-14(13)19(21)22/h3-9H,1-2H3/b11-9+. The number of hydrogen-bond acceptors (Lipinski definition) is 5. The van der Waals surface area contributed by atoms with E-state index in [1.807, 2.05) is 6.07 Å². The van der Waals surface area contributed by atoms with Crippen LogP contribution in [-0.4, -0.2) is 29.8 Å². The Kier molecular flexibility index (Phi) is 4.57. The first-order valence-electron chi connectivity index (χ1n) is 6.61. The Labute approximate surface area is 132 Å². The molecule has 0 radical (unpaired) electrons. The van der Waals surface area contributed by atoms with Crippen LogP contribution in [-0.2, 0) is 4.79 Å². The van der Waals surface area contributed by atoms with Crippen molar-refractivity contribution in [3.8, 4) is 17.4 Å². The van der Waals surface area contributed by atoms with Crippen molar-refractivity contribution in [2.24, 2.45) is 0 Å². The molecular weight excluding hydrogens is 298 g/mol. The molecular formula is C16H13N3O4. The molecule has 0 bridgehead atoms. The zero-order valence-electron chi connectivity index (χ0n) is 12.5. The molecule has 1 aromatic heterocycles. The molecule has 2 aromatic rings. The quantitative estimate of drug-likeness (QED) is 0.374. The smallest absolute Gasteiger partial charge is 0.280 e. The fraction of sp³-hybridized carbons (Fsp3) is 0.125. The first-order valence-corrected chi connectivity index (χ1v) is 6.61. The molecule has 1 aromatic carbocycles. The number of nitriles is 1. The van der Waals surface area contributed by atoms with Gasteiger partial charge < -0.3 is 9.32 Å². The van der Waals surface area contributed by atoms with Gasteiger partial charge in [0.15, 0.2) is 0 Å². The molecule has 23 heavy (non-hydrogen) atoms. The van der Waals surface area contributed by atoms with Crippen LogP contribution in [0.2, 0.25) is 0 Å². The van der Waals surface area contributed by atoms with E-state index in [1.54, 1.807) is 30.3 Å². The number of nitro groups is 1. The topological polar surface area (TPSA) is 100 Å². The van der Waals surface area contributed by atoms with E-state index < -0.39 is 10.8 Å². The van der Waals surface area contributed by atoms with E-state index in [0.717, 1.165) is 0 Å². The molecule has 7 heteroatoms. The summed E-state index contributed by atoms with van der Waals surface area (Å²) in [5, 5.41) is 20.1. The van der Waals surface area contributed by atoms with Crippen LogP contribution in [0.4, 0.5) is 5.69 Å². The van der Waals surface area contributed by atoms with Crippen LogP contribution in [0.15, 0.2) is 46.4 Å². The maximum Gasteiger partial charge on any atom is 0.280 e. The lowest BCUT2D eigenvalue weighted by molar-refractivity contribution is -0.384. The van der Waals surface area contributed by atoms with Crippen LogP contribution >= 0.6 is 0 Å². The molecule has 0 atom stereocenters. The summed E-state index contributed by atoms with van der Waals surface area (Å²) >= 11 is 0. The van der Waals surface area contributed by atoms with E-state index in [4.69, 9.17) is 9.68 Å². The number of amides is 1. The first kappa shape index (κ1) is 16.0. The van der Waals surface area contributed by atoms with Crippen molar-refractivity contribution in [2.45, 2.75) is 0 Å². The maximum atomic E-state index is 11.8. The first-order chi connectivity index (χ1) is 10.9. The third-order valence-corrected chi connectivity index (χ3v) is 3.04. The number of furan rings is 1. The van der Waals surface area contributed by atoms with Crippen molar-refractivity contribution in [2.75, 3.05) is 14.1 Å². The molecule has 0 fully saturated rings. The summed E-state index contributed by atoms with van der Waals surface area (Å²) in [6.07, 6.45) is 1.31. The number of nitro benzene ring substituents is 1. The van der Waals surface area contributed by atoms with Crippen LogP contribution in [0, 0.1) is 21.4 Å². The molecule has 0 aliphatic carbocycles. The Morgan fingerprint density at radius 1 is 1.30 bits per heavy atom.